The van der Waals surface area contributed by atoms with Gasteiger partial charge in [-0.15, -0.1) is 0 Å². The number of rotatable bonds is 9. The number of hydrogen-bond donors (Lipinski definition) is 1. The number of aryl methyl sites for hydroxylation is 1. The molecule has 0 radical (unpaired) electrons. The Labute approximate surface area is 145 Å². The van der Waals surface area contributed by atoms with Gasteiger partial charge in [0.1, 0.15) is 12.4 Å². The Bertz CT molecular complexity index is 622. The summed E-state index contributed by atoms with van der Waals surface area (Å²) in [5, 5.41) is 0. The molecule has 3 heteroatoms. The van der Waals surface area contributed by atoms with Crippen LogP contribution in [0, 0.1) is 0 Å². The van der Waals surface area contributed by atoms with Crippen LogP contribution >= 0.6 is 0 Å². The van der Waals surface area contributed by atoms with E-state index in [1.807, 2.05) is 37.3 Å². The minimum Gasteiger partial charge on any atom is -0.498 e. The number of nitrogens with two attached hydrogens (primary N) is 1. The van der Waals surface area contributed by atoms with E-state index in [9.17, 15) is 0 Å². The average molecular weight is 325 g/mol. The molecule has 0 spiro atoms. The maximum Gasteiger partial charge on any atom is 0.119 e. The fourth-order valence-corrected chi connectivity index (χ4v) is 2.40. The Morgan fingerprint density at radius 2 is 1.62 bits per heavy atom. The summed E-state index contributed by atoms with van der Waals surface area (Å²) in [6.45, 7) is 5.96. The molecule has 0 aromatic heterocycles. The van der Waals surface area contributed by atoms with Crippen LogP contribution in [0.1, 0.15) is 37.0 Å². The van der Waals surface area contributed by atoms with Crippen molar-refractivity contribution in [1.29, 1.82) is 0 Å². The van der Waals surface area contributed by atoms with E-state index in [4.69, 9.17) is 15.2 Å². The van der Waals surface area contributed by atoms with Crippen molar-refractivity contribution in [3.8, 4) is 5.75 Å². The van der Waals surface area contributed by atoms with Crippen LogP contribution in [-0.4, -0.2) is 13.2 Å². The number of ether oxygens (including phenoxy) is 2. The predicted octanol–water partition coefficient (Wildman–Crippen LogP) is 4.55. The van der Waals surface area contributed by atoms with E-state index >= 15 is 0 Å². The van der Waals surface area contributed by atoms with Gasteiger partial charge in [-0.1, -0.05) is 43.3 Å². The topological polar surface area (TPSA) is 44.5 Å². The second kappa shape index (κ2) is 9.78. The van der Waals surface area contributed by atoms with Crippen LogP contribution in [0.3, 0.4) is 0 Å². The summed E-state index contributed by atoms with van der Waals surface area (Å²) in [7, 11) is 0. The fraction of sp³-hybridized carbons (Fsp3) is 0.333. The molecule has 0 amide bonds. The van der Waals surface area contributed by atoms with Crippen molar-refractivity contribution < 1.29 is 9.47 Å². The molecule has 3 nitrogen and oxygen atoms in total. The van der Waals surface area contributed by atoms with E-state index in [1.165, 1.54) is 11.1 Å². The lowest BCUT2D eigenvalue weighted by Gasteiger charge is -2.09. The van der Waals surface area contributed by atoms with Crippen LogP contribution in [0.5, 0.6) is 5.75 Å². The Morgan fingerprint density at radius 3 is 2.21 bits per heavy atom. The van der Waals surface area contributed by atoms with Gasteiger partial charge in [0, 0.05) is 6.42 Å². The number of hydrogen-bond acceptors (Lipinski definition) is 3. The van der Waals surface area contributed by atoms with E-state index in [2.05, 4.69) is 31.2 Å². The van der Waals surface area contributed by atoms with Gasteiger partial charge in [-0.2, -0.15) is 0 Å². The Balaban J connectivity index is 1.94. The summed E-state index contributed by atoms with van der Waals surface area (Å²) in [5.41, 5.74) is 9.22. The first-order chi connectivity index (χ1) is 11.7. The third-order valence-electron chi connectivity index (χ3n) is 3.76. The highest BCUT2D eigenvalue weighted by atomic mass is 16.5. The molecule has 0 bridgehead atoms. The minimum absolute atomic E-state index is 0.580. The van der Waals surface area contributed by atoms with Crippen LogP contribution < -0.4 is 10.5 Å². The Morgan fingerprint density at radius 1 is 0.958 bits per heavy atom. The monoisotopic (exact) mass is 325 g/mol. The van der Waals surface area contributed by atoms with Gasteiger partial charge in [0.25, 0.3) is 0 Å². The highest BCUT2D eigenvalue weighted by Gasteiger charge is 2.00. The van der Waals surface area contributed by atoms with Crippen molar-refractivity contribution >= 4 is 6.08 Å². The summed E-state index contributed by atoms with van der Waals surface area (Å²) in [6, 6.07) is 16.6. The van der Waals surface area contributed by atoms with Crippen molar-refractivity contribution in [1.82, 2.24) is 0 Å². The van der Waals surface area contributed by atoms with Crippen molar-refractivity contribution in [3.63, 3.8) is 0 Å². The van der Waals surface area contributed by atoms with Gasteiger partial charge in [-0.3, -0.25) is 0 Å². The summed E-state index contributed by atoms with van der Waals surface area (Å²) < 4.78 is 11.4. The lowest BCUT2D eigenvalue weighted by molar-refractivity contribution is 0.223. The van der Waals surface area contributed by atoms with Crippen LogP contribution in [-0.2, 0) is 17.8 Å². The molecule has 0 aliphatic rings. The van der Waals surface area contributed by atoms with Gasteiger partial charge in [0.15, 0.2) is 0 Å². The Hall–Kier alpha value is -2.26. The van der Waals surface area contributed by atoms with Gasteiger partial charge < -0.3 is 15.2 Å². The first kappa shape index (κ1) is 18.1. The molecule has 0 aliphatic carbocycles. The zero-order valence-electron chi connectivity index (χ0n) is 14.6. The van der Waals surface area contributed by atoms with Crippen LogP contribution in [0.2, 0.25) is 0 Å². The van der Waals surface area contributed by atoms with Crippen molar-refractivity contribution in [3.05, 3.63) is 71.0 Å². The molecule has 2 rings (SSSR count). The van der Waals surface area contributed by atoms with Gasteiger partial charge in [0.05, 0.1) is 12.4 Å². The molecule has 24 heavy (non-hydrogen) atoms. The van der Waals surface area contributed by atoms with Gasteiger partial charge in [0.2, 0.25) is 0 Å². The highest BCUT2D eigenvalue weighted by Crippen LogP contribution is 2.17. The normalized spacial score (nSPS) is 11.4. The van der Waals surface area contributed by atoms with Crippen LogP contribution in [0.4, 0.5) is 0 Å². The molecule has 2 aromatic rings. The largest absolute Gasteiger partial charge is 0.498 e. The molecule has 128 valence electrons. The molecular formula is C21H27NO2. The molecule has 0 heterocycles. The van der Waals surface area contributed by atoms with E-state index in [0.717, 1.165) is 29.9 Å². The smallest absolute Gasteiger partial charge is 0.119 e. The van der Waals surface area contributed by atoms with E-state index in [1.54, 1.807) is 0 Å². The lowest BCUT2D eigenvalue weighted by Crippen LogP contribution is -2.02. The first-order valence-corrected chi connectivity index (χ1v) is 8.59. The second-order valence-electron chi connectivity index (χ2n) is 5.61. The lowest BCUT2D eigenvalue weighted by atomic mass is 10.1. The maximum atomic E-state index is 5.85. The molecule has 2 N–H and O–H groups in total. The number of benzene rings is 2. The zero-order chi connectivity index (χ0) is 17.2. The molecule has 0 fully saturated rings. The van der Waals surface area contributed by atoms with Crippen LogP contribution in [0.15, 0.2) is 54.3 Å². The third kappa shape index (κ3) is 5.74. The molecule has 2 aromatic carbocycles. The third-order valence-corrected chi connectivity index (χ3v) is 3.76. The molecular weight excluding hydrogens is 298 g/mol. The van der Waals surface area contributed by atoms with Crippen molar-refractivity contribution in [2.75, 3.05) is 13.2 Å². The summed E-state index contributed by atoms with van der Waals surface area (Å²) in [4.78, 5) is 0. The quantitative estimate of drug-likeness (QED) is 0.688. The van der Waals surface area contributed by atoms with E-state index in [-0.39, 0.29) is 0 Å². The molecule has 0 aliphatic heterocycles. The van der Waals surface area contributed by atoms with E-state index < -0.39 is 0 Å². The molecule has 0 atom stereocenters. The Kier molecular flexibility index (Phi) is 7.37. The van der Waals surface area contributed by atoms with Crippen LogP contribution in [0.25, 0.3) is 6.08 Å². The summed E-state index contributed by atoms with van der Waals surface area (Å²) in [6.07, 6.45) is 3.84. The minimum atomic E-state index is 0.580. The fourth-order valence-electron chi connectivity index (χ4n) is 2.40. The maximum absolute atomic E-state index is 5.85. The summed E-state index contributed by atoms with van der Waals surface area (Å²) >= 11 is 0. The molecule has 0 saturated carbocycles. The first-order valence-electron chi connectivity index (χ1n) is 8.59. The second-order valence-corrected chi connectivity index (χ2v) is 5.61. The van der Waals surface area contributed by atoms with Gasteiger partial charge in [-0.05, 0) is 54.8 Å². The van der Waals surface area contributed by atoms with Crippen molar-refractivity contribution in [2.45, 2.75) is 33.3 Å². The molecule has 0 unspecified atom stereocenters. The SMILES string of the molecule is CCOC(=Cc1ccc(OCc2ccc(CC)cc2)cc1)CCN. The van der Waals surface area contributed by atoms with Crippen molar-refractivity contribution in [2.24, 2.45) is 5.73 Å². The van der Waals surface area contributed by atoms with Gasteiger partial charge in [-0.25, -0.2) is 0 Å². The molecule has 0 saturated heterocycles. The average Bonchev–Trinajstić information content (AvgIpc) is 2.62. The highest BCUT2D eigenvalue weighted by molar-refractivity contribution is 5.52. The predicted molar refractivity (Wildman–Crippen MR) is 99.9 cm³/mol. The standard InChI is InChI=1S/C21H27NO2/c1-3-17-5-7-19(8-6-17)16-24-20-11-9-18(10-12-20)15-21(13-14-22)23-4-2/h5-12,15H,3-4,13-14,16,22H2,1-2H3. The summed E-state index contributed by atoms with van der Waals surface area (Å²) in [5.74, 6) is 1.79. The van der Waals surface area contributed by atoms with E-state index in [0.29, 0.717) is 19.8 Å². The van der Waals surface area contributed by atoms with Gasteiger partial charge >= 0.3 is 0 Å². The zero-order valence-corrected chi connectivity index (χ0v) is 14.6.